The lowest BCUT2D eigenvalue weighted by atomic mass is 9.93. The molecule has 1 unspecified atom stereocenters. The highest BCUT2D eigenvalue weighted by atomic mass is 19.1. The fourth-order valence-electron chi connectivity index (χ4n) is 1.86. The second-order valence-electron chi connectivity index (χ2n) is 3.98. The standard InChI is InChI=1S/C8H16FN/c1-7(2)5-8(7,6-10)3-4-9/h3-6,10H2,1-2H3. The average Bonchev–Trinajstić information content (AvgIpc) is 2.37. The SMILES string of the molecule is CC1(C)CC1(CN)CCF. The molecule has 1 atom stereocenters. The number of alkyl halides is 1. The molecule has 0 aromatic carbocycles. The molecule has 0 radical (unpaired) electrons. The maximum Gasteiger partial charge on any atom is 0.0900 e. The van der Waals surface area contributed by atoms with Crippen LogP contribution in [0.15, 0.2) is 0 Å². The lowest BCUT2D eigenvalue weighted by molar-refractivity contribution is 0.316. The topological polar surface area (TPSA) is 26.0 Å². The molecular formula is C8H16FN. The fraction of sp³-hybridized carbons (Fsp3) is 1.00. The van der Waals surface area contributed by atoms with E-state index in [-0.39, 0.29) is 12.1 Å². The molecular weight excluding hydrogens is 129 g/mol. The van der Waals surface area contributed by atoms with Crippen LogP contribution in [0.5, 0.6) is 0 Å². The summed E-state index contributed by atoms with van der Waals surface area (Å²) in [6.07, 6.45) is 1.75. The summed E-state index contributed by atoms with van der Waals surface area (Å²) >= 11 is 0. The summed E-state index contributed by atoms with van der Waals surface area (Å²) in [7, 11) is 0. The van der Waals surface area contributed by atoms with Crippen LogP contribution in [0, 0.1) is 10.8 Å². The van der Waals surface area contributed by atoms with Gasteiger partial charge in [-0.1, -0.05) is 13.8 Å². The maximum absolute atomic E-state index is 12.0. The zero-order valence-electron chi connectivity index (χ0n) is 6.78. The van der Waals surface area contributed by atoms with Crippen molar-refractivity contribution >= 4 is 0 Å². The van der Waals surface area contributed by atoms with E-state index >= 15 is 0 Å². The van der Waals surface area contributed by atoms with Crippen molar-refractivity contribution < 1.29 is 4.39 Å². The molecule has 1 saturated carbocycles. The molecule has 0 saturated heterocycles. The van der Waals surface area contributed by atoms with Gasteiger partial charge >= 0.3 is 0 Å². The first-order chi connectivity index (χ1) is 4.58. The lowest BCUT2D eigenvalue weighted by Crippen LogP contribution is -2.21. The smallest absolute Gasteiger partial charge is 0.0900 e. The van der Waals surface area contributed by atoms with Crippen LogP contribution >= 0.6 is 0 Å². The van der Waals surface area contributed by atoms with Crippen molar-refractivity contribution in [3.63, 3.8) is 0 Å². The summed E-state index contributed by atoms with van der Waals surface area (Å²) in [4.78, 5) is 0. The van der Waals surface area contributed by atoms with Crippen LogP contribution < -0.4 is 5.73 Å². The van der Waals surface area contributed by atoms with Gasteiger partial charge in [0.05, 0.1) is 6.67 Å². The van der Waals surface area contributed by atoms with Gasteiger partial charge in [-0.05, 0) is 30.2 Å². The third-order valence-electron chi connectivity index (χ3n) is 3.05. The van der Waals surface area contributed by atoms with Gasteiger partial charge in [0, 0.05) is 0 Å². The normalized spacial score (nSPS) is 36.0. The Labute approximate surface area is 61.8 Å². The molecule has 0 heterocycles. The molecule has 2 heteroatoms. The fourth-order valence-corrected chi connectivity index (χ4v) is 1.86. The van der Waals surface area contributed by atoms with Gasteiger partial charge < -0.3 is 5.73 Å². The van der Waals surface area contributed by atoms with Crippen molar-refractivity contribution in [1.29, 1.82) is 0 Å². The van der Waals surface area contributed by atoms with E-state index < -0.39 is 0 Å². The van der Waals surface area contributed by atoms with E-state index in [1.807, 2.05) is 0 Å². The number of rotatable bonds is 3. The van der Waals surface area contributed by atoms with E-state index in [1.165, 1.54) is 0 Å². The molecule has 0 amide bonds. The first-order valence-corrected chi connectivity index (χ1v) is 3.84. The van der Waals surface area contributed by atoms with Gasteiger partial charge in [0.25, 0.3) is 0 Å². The van der Waals surface area contributed by atoms with E-state index in [1.54, 1.807) is 0 Å². The number of halogens is 1. The Kier molecular flexibility index (Phi) is 1.75. The molecule has 1 nitrogen and oxygen atoms in total. The predicted molar refractivity (Wildman–Crippen MR) is 40.5 cm³/mol. The highest BCUT2D eigenvalue weighted by Gasteiger charge is 2.59. The van der Waals surface area contributed by atoms with E-state index in [0.29, 0.717) is 18.4 Å². The van der Waals surface area contributed by atoms with Gasteiger partial charge in [-0.2, -0.15) is 0 Å². The van der Waals surface area contributed by atoms with Crippen molar-refractivity contribution in [3.05, 3.63) is 0 Å². The second kappa shape index (κ2) is 2.19. The summed E-state index contributed by atoms with van der Waals surface area (Å²) in [6, 6.07) is 0. The van der Waals surface area contributed by atoms with Crippen molar-refractivity contribution in [1.82, 2.24) is 0 Å². The molecule has 10 heavy (non-hydrogen) atoms. The Morgan fingerprint density at radius 1 is 1.50 bits per heavy atom. The Morgan fingerprint density at radius 3 is 2.10 bits per heavy atom. The first-order valence-electron chi connectivity index (χ1n) is 3.84. The van der Waals surface area contributed by atoms with Crippen LogP contribution in [0.1, 0.15) is 26.7 Å². The monoisotopic (exact) mass is 145 g/mol. The highest BCUT2D eigenvalue weighted by Crippen LogP contribution is 2.64. The van der Waals surface area contributed by atoms with Crippen LogP contribution in [-0.4, -0.2) is 13.2 Å². The van der Waals surface area contributed by atoms with Gasteiger partial charge in [-0.25, -0.2) is 0 Å². The minimum atomic E-state index is -0.222. The third-order valence-corrected chi connectivity index (χ3v) is 3.05. The van der Waals surface area contributed by atoms with Crippen molar-refractivity contribution in [2.45, 2.75) is 26.7 Å². The molecule has 0 aromatic heterocycles. The third kappa shape index (κ3) is 0.947. The summed E-state index contributed by atoms with van der Waals surface area (Å²) in [6.45, 7) is 4.75. The molecule has 0 spiro atoms. The Bertz CT molecular complexity index is 133. The summed E-state index contributed by atoms with van der Waals surface area (Å²) in [5.74, 6) is 0. The molecule has 0 bridgehead atoms. The van der Waals surface area contributed by atoms with E-state index in [0.717, 1.165) is 6.42 Å². The van der Waals surface area contributed by atoms with Gasteiger partial charge in [-0.3, -0.25) is 4.39 Å². The van der Waals surface area contributed by atoms with Gasteiger partial charge in [0.1, 0.15) is 0 Å². The van der Waals surface area contributed by atoms with Crippen molar-refractivity contribution in [2.75, 3.05) is 13.2 Å². The highest BCUT2D eigenvalue weighted by molar-refractivity contribution is 5.09. The lowest BCUT2D eigenvalue weighted by Gasteiger charge is -2.15. The number of hydrogen-bond donors (Lipinski definition) is 1. The molecule has 0 aliphatic heterocycles. The quantitative estimate of drug-likeness (QED) is 0.643. The van der Waals surface area contributed by atoms with Crippen molar-refractivity contribution in [3.8, 4) is 0 Å². The van der Waals surface area contributed by atoms with E-state index in [9.17, 15) is 4.39 Å². The minimum absolute atomic E-state index is 0.141. The van der Waals surface area contributed by atoms with E-state index in [4.69, 9.17) is 5.73 Å². The largest absolute Gasteiger partial charge is 0.330 e. The summed E-state index contributed by atoms with van der Waals surface area (Å²) in [5, 5.41) is 0. The number of hydrogen-bond acceptors (Lipinski definition) is 1. The summed E-state index contributed by atoms with van der Waals surface area (Å²) < 4.78 is 12.0. The van der Waals surface area contributed by atoms with Crippen LogP contribution in [0.2, 0.25) is 0 Å². The minimum Gasteiger partial charge on any atom is -0.330 e. The first kappa shape index (κ1) is 7.99. The Balaban J connectivity index is 2.50. The summed E-state index contributed by atoms with van der Waals surface area (Å²) in [5.41, 5.74) is 6.00. The van der Waals surface area contributed by atoms with E-state index in [2.05, 4.69) is 13.8 Å². The molecule has 60 valence electrons. The molecule has 2 N–H and O–H groups in total. The molecule has 1 aliphatic rings. The zero-order valence-corrected chi connectivity index (χ0v) is 6.78. The van der Waals surface area contributed by atoms with Crippen LogP contribution in [0.3, 0.4) is 0 Å². The molecule has 1 fully saturated rings. The average molecular weight is 145 g/mol. The van der Waals surface area contributed by atoms with Crippen LogP contribution in [0.4, 0.5) is 4.39 Å². The van der Waals surface area contributed by atoms with Crippen molar-refractivity contribution in [2.24, 2.45) is 16.6 Å². The Morgan fingerprint density at radius 2 is 2.00 bits per heavy atom. The van der Waals surface area contributed by atoms with Crippen LogP contribution in [0.25, 0.3) is 0 Å². The molecule has 0 aromatic rings. The van der Waals surface area contributed by atoms with Gasteiger partial charge in [0.15, 0.2) is 0 Å². The van der Waals surface area contributed by atoms with Crippen LogP contribution in [-0.2, 0) is 0 Å². The second-order valence-corrected chi connectivity index (χ2v) is 3.98. The molecule has 1 rings (SSSR count). The van der Waals surface area contributed by atoms with Gasteiger partial charge in [0.2, 0.25) is 0 Å². The maximum atomic E-state index is 12.0. The predicted octanol–water partition coefficient (Wildman–Crippen LogP) is 1.72. The zero-order chi connectivity index (χ0) is 7.83. The number of nitrogens with two attached hydrogens (primary N) is 1. The Hall–Kier alpha value is -0.110. The van der Waals surface area contributed by atoms with Gasteiger partial charge in [-0.15, -0.1) is 0 Å². The molecule has 1 aliphatic carbocycles.